The van der Waals surface area contributed by atoms with E-state index in [-0.39, 0.29) is 5.91 Å². The quantitative estimate of drug-likeness (QED) is 0.581. The van der Waals surface area contributed by atoms with Crippen LogP contribution in [0.3, 0.4) is 0 Å². The molecule has 0 saturated heterocycles. The van der Waals surface area contributed by atoms with Crippen LogP contribution in [0.5, 0.6) is 5.75 Å². The molecule has 1 aromatic carbocycles. The third-order valence-electron chi connectivity index (χ3n) is 4.25. The first-order valence-electron chi connectivity index (χ1n) is 8.38. The van der Waals surface area contributed by atoms with Crippen molar-refractivity contribution in [2.75, 3.05) is 7.11 Å². The van der Waals surface area contributed by atoms with Gasteiger partial charge in [-0.3, -0.25) is 4.79 Å². The van der Waals surface area contributed by atoms with E-state index in [0.29, 0.717) is 40.4 Å². The Labute approximate surface area is 154 Å². The highest BCUT2D eigenvalue weighted by Crippen LogP contribution is 2.27. The molecule has 0 fully saturated rings. The normalized spacial score (nSPS) is 10.9. The number of nitrogens with one attached hydrogen (secondary N) is 1. The number of pyridine rings is 1. The molecular weight excluding hydrogens is 346 g/mol. The summed E-state index contributed by atoms with van der Waals surface area (Å²) >= 11 is 0. The van der Waals surface area contributed by atoms with Crippen molar-refractivity contribution in [1.29, 1.82) is 0 Å². The first-order chi connectivity index (χ1) is 13.2. The van der Waals surface area contributed by atoms with E-state index in [4.69, 9.17) is 13.7 Å². The summed E-state index contributed by atoms with van der Waals surface area (Å²) in [6, 6.07) is 12.7. The molecule has 0 radical (unpaired) electrons. The first-order valence-corrected chi connectivity index (χ1v) is 8.38. The molecule has 3 aromatic heterocycles. The molecule has 0 aliphatic rings. The zero-order valence-corrected chi connectivity index (χ0v) is 14.9. The van der Waals surface area contributed by atoms with Gasteiger partial charge >= 0.3 is 0 Å². The lowest BCUT2D eigenvalue weighted by Gasteiger charge is -2.08. The second kappa shape index (κ2) is 6.95. The number of furan rings is 1. The average molecular weight is 363 g/mol. The van der Waals surface area contributed by atoms with Crippen molar-refractivity contribution in [1.82, 2.24) is 15.5 Å². The second-order valence-corrected chi connectivity index (χ2v) is 6.01. The minimum atomic E-state index is -0.239. The Balaban J connectivity index is 1.64. The fourth-order valence-electron chi connectivity index (χ4n) is 2.85. The van der Waals surface area contributed by atoms with Crippen LogP contribution in [0.25, 0.3) is 22.6 Å². The summed E-state index contributed by atoms with van der Waals surface area (Å²) in [7, 11) is 1.61. The predicted molar refractivity (Wildman–Crippen MR) is 98.4 cm³/mol. The Morgan fingerprint density at radius 1 is 1.22 bits per heavy atom. The van der Waals surface area contributed by atoms with E-state index in [2.05, 4.69) is 15.5 Å². The third-order valence-corrected chi connectivity index (χ3v) is 4.25. The zero-order chi connectivity index (χ0) is 18.8. The smallest absolute Gasteiger partial charge is 0.259 e. The molecule has 3 heterocycles. The van der Waals surface area contributed by atoms with Crippen LogP contribution < -0.4 is 10.1 Å². The number of hydrogen-bond acceptors (Lipinski definition) is 6. The van der Waals surface area contributed by atoms with Crippen molar-refractivity contribution in [3.8, 4) is 17.2 Å². The largest absolute Gasteiger partial charge is 0.497 e. The molecule has 1 amide bonds. The molecule has 7 nitrogen and oxygen atoms in total. The Morgan fingerprint density at radius 2 is 2.04 bits per heavy atom. The summed E-state index contributed by atoms with van der Waals surface area (Å²) in [5.41, 5.74) is 2.83. The molecular formula is C20H17N3O4. The molecule has 0 spiro atoms. The number of fused-ring (bicyclic) bond motifs is 1. The fourth-order valence-corrected chi connectivity index (χ4v) is 2.85. The molecule has 4 rings (SSSR count). The maximum atomic E-state index is 12.9. The number of rotatable bonds is 5. The summed E-state index contributed by atoms with van der Waals surface area (Å²) in [6.45, 7) is 2.16. The molecule has 0 saturated carbocycles. The van der Waals surface area contributed by atoms with Gasteiger partial charge in [-0.25, -0.2) is 4.98 Å². The van der Waals surface area contributed by atoms with Gasteiger partial charge in [0, 0.05) is 6.54 Å². The Bertz CT molecular complexity index is 1080. The SMILES string of the molecule is COc1ccc(CNC(=O)c2cc(-c3ccco3)nc3onc(C)c23)cc1. The van der Waals surface area contributed by atoms with Gasteiger partial charge in [0.15, 0.2) is 5.76 Å². The second-order valence-electron chi connectivity index (χ2n) is 6.01. The Kier molecular flexibility index (Phi) is 4.33. The van der Waals surface area contributed by atoms with E-state index in [1.807, 2.05) is 24.3 Å². The number of nitrogens with zero attached hydrogens (tertiary/aromatic N) is 2. The van der Waals surface area contributed by atoms with Crippen molar-refractivity contribution < 1.29 is 18.5 Å². The Morgan fingerprint density at radius 3 is 2.74 bits per heavy atom. The van der Waals surface area contributed by atoms with Crippen molar-refractivity contribution in [3.05, 3.63) is 65.5 Å². The van der Waals surface area contributed by atoms with E-state index < -0.39 is 0 Å². The zero-order valence-electron chi connectivity index (χ0n) is 14.9. The van der Waals surface area contributed by atoms with E-state index in [0.717, 1.165) is 11.3 Å². The lowest BCUT2D eigenvalue weighted by Crippen LogP contribution is -2.23. The van der Waals surface area contributed by atoms with Crippen LogP contribution in [0.1, 0.15) is 21.6 Å². The van der Waals surface area contributed by atoms with Crippen molar-refractivity contribution in [2.45, 2.75) is 13.5 Å². The topological polar surface area (TPSA) is 90.4 Å². The van der Waals surface area contributed by atoms with E-state index in [1.165, 1.54) is 0 Å². The highest BCUT2D eigenvalue weighted by atomic mass is 16.5. The van der Waals surface area contributed by atoms with E-state index in [1.54, 1.807) is 38.5 Å². The lowest BCUT2D eigenvalue weighted by molar-refractivity contribution is 0.0952. The molecule has 0 bridgehead atoms. The molecule has 0 unspecified atom stereocenters. The minimum absolute atomic E-state index is 0.239. The molecule has 0 atom stereocenters. The van der Waals surface area contributed by atoms with Crippen molar-refractivity contribution in [3.63, 3.8) is 0 Å². The number of ether oxygens (including phenoxy) is 1. The van der Waals surface area contributed by atoms with Gasteiger partial charge in [-0.15, -0.1) is 0 Å². The number of amides is 1. The summed E-state index contributed by atoms with van der Waals surface area (Å²) in [4.78, 5) is 17.3. The third kappa shape index (κ3) is 3.27. The average Bonchev–Trinajstić information content (AvgIpc) is 3.36. The van der Waals surface area contributed by atoms with Gasteiger partial charge in [0.1, 0.15) is 11.4 Å². The van der Waals surface area contributed by atoms with Crippen molar-refractivity contribution >= 4 is 17.0 Å². The van der Waals surface area contributed by atoms with Gasteiger partial charge in [0.2, 0.25) is 0 Å². The van der Waals surface area contributed by atoms with Gasteiger partial charge in [-0.05, 0) is 42.8 Å². The van der Waals surface area contributed by atoms with Gasteiger partial charge < -0.3 is 19.0 Å². The van der Waals surface area contributed by atoms with Crippen LogP contribution in [0.2, 0.25) is 0 Å². The number of aryl methyl sites for hydroxylation is 1. The number of methoxy groups -OCH3 is 1. The summed E-state index contributed by atoms with van der Waals surface area (Å²) in [6.07, 6.45) is 1.55. The number of carbonyl (C=O) groups is 1. The van der Waals surface area contributed by atoms with E-state index in [9.17, 15) is 4.79 Å². The monoisotopic (exact) mass is 363 g/mol. The van der Waals surface area contributed by atoms with Gasteiger partial charge in [0.25, 0.3) is 11.6 Å². The highest BCUT2D eigenvalue weighted by molar-refractivity contribution is 6.06. The van der Waals surface area contributed by atoms with Crippen LogP contribution in [-0.2, 0) is 6.54 Å². The molecule has 136 valence electrons. The van der Waals surface area contributed by atoms with Gasteiger partial charge in [0.05, 0.1) is 30.0 Å². The minimum Gasteiger partial charge on any atom is -0.497 e. The van der Waals surface area contributed by atoms with Crippen LogP contribution >= 0.6 is 0 Å². The highest BCUT2D eigenvalue weighted by Gasteiger charge is 2.20. The van der Waals surface area contributed by atoms with Gasteiger partial charge in [-0.1, -0.05) is 17.3 Å². The fraction of sp³-hybridized carbons (Fsp3) is 0.150. The number of carbonyl (C=O) groups excluding carboxylic acids is 1. The van der Waals surface area contributed by atoms with Gasteiger partial charge in [-0.2, -0.15) is 0 Å². The molecule has 0 aliphatic heterocycles. The maximum Gasteiger partial charge on any atom is 0.259 e. The van der Waals surface area contributed by atoms with Crippen molar-refractivity contribution in [2.24, 2.45) is 0 Å². The maximum absolute atomic E-state index is 12.9. The number of hydrogen-bond donors (Lipinski definition) is 1. The summed E-state index contributed by atoms with van der Waals surface area (Å²) in [5, 5.41) is 7.46. The first kappa shape index (κ1) is 16.8. The molecule has 4 aromatic rings. The standard InChI is InChI=1S/C20H17N3O4/c1-12-18-15(19(24)21-11-13-5-7-14(25-2)8-6-13)10-16(17-4-3-9-26-17)22-20(18)27-23-12/h3-10H,11H2,1-2H3,(H,21,24). The number of benzene rings is 1. The molecule has 27 heavy (non-hydrogen) atoms. The summed E-state index contributed by atoms with van der Waals surface area (Å²) < 4.78 is 15.8. The molecule has 7 heteroatoms. The molecule has 0 aliphatic carbocycles. The van der Waals surface area contributed by atoms with Crippen LogP contribution in [0, 0.1) is 6.92 Å². The van der Waals surface area contributed by atoms with Crippen LogP contribution in [0.4, 0.5) is 0 Å². The van der Waals surface area contributed by atoms with E-state index >= 15 is 0 Å². The predicted octanol–water partition coefficient (Wildman–Crippen LogP) is 3.73. The molecule has 1 N–H and O–H groups in total. The summed E-state index contributed by atoms with van der Waals surface area (Å²) in [5.74, 6) is 1.08. The van der Waals surface area contributed by atoms with Crippen LogP contribution in [-0.4, -0.2) is 23.2 Å². The Hall–Kier alpha value is -3.61. The van der Waals surface area contributed by atoms with Crippen LogP contribution in [0.15, 0.2) is 57.7 Å². The number of aromatic nitrogens is 2. The lowest BCUT2D eigenvalue weighted by atomic mass is 10.1.